The van der Waals surface area contributed by atoms with Crippen LogP contribution in [0.25, 0.3) is 0 Å². The van der Waals surface area contributed by atoms with Gasteiger partial charge < -0.3 is 10.3 Å². The summed E-state index contributed by atoms with van der Waals surface area (Å²) in [5, 5.41) is 48.7. The molecule has 2 aromatic rings. The van der Waals surface area contributed by atoms with Crippen molar-refractivity contribution in [3.63, 3.8) is 0 Å². The Kier molecular flexibility index (Phi) is 4.18. The van der Waals surface area contributed by atoms with Gasteiger partial charge in [-0.25, -0.2) is 0 Å². The molecule has 0 aliphatic rings. The van der Waals surface area contributed by atoms with Gasteiger partial charge in [-0.15, -0.1) is 15.0 Å². The Bertz CT molecular complexity index is 870. The highest BCUT2D eigenvalue weighted by Gasteiger charge is 2.20. The molecule has 2 rings (SSSR count). The van der Waals surface area contributed by atoms with E-state index < -0.39 is 10.8 Å². The van der Waals surface area contributed by atoms with Gasteiger partial charge in [0.1, 0.15) is 11.6 Å². The molecule has 1 aromatic heterocycles. The number of azo groups is 1. The van der Waals surface area contributed by atoms with E-state index in [0.717, 1.165) is 6.20 Å². The first-order valence-electron chi connectivity index (χ1n) is 6.37. The number of nitrogens with zero attached hydrogens (tertiary/aromatic N) is 5. The Labute approximate surface area is 130 Å². The SMILES string of the molecule is Cc1ccc(N=Nc2c(C)c(C#N)c[n+]([O-])c2O)c([N+](=O)[O-])c1. The first kappa shape index (κ1) is 15.8. The molecule has 0 radical (unpaired) electrons. The Morgan fingerprint density at radius 1 is 1.35 bits per heavy atom. The highest BCUT2D eigenvalue weighted by atomic mass is 16.6. The Balaban J connectivity index is 2.57. The molecule has 1 N–H and O–H groups in total. The lowest BCUT2D eigenvalue weighted by atomic mass is 10.1. The number of benzene rings is 1. The molecule has 0 spiro atoms. The number of nitro groups is 1. The first-order valence-corrected chi connectivity index (χ1v) is 6.37. The molecule has 0 fully saturated rings. The lowest BCUT2D eigenvalue weighted by Crippen LogP contribution is -2.26. The minimum Gasteiger partial charge on any atom is -0.616 e. The number of pyridine rings is 1. The highest BCUT2D eigenvalue weighted by Crippen LogP contribution is 2.33. The van der Waals surface area contributed by atoms with Crippen LogP contribution in [0.4, 0.5) is 17.1 Å². The van der Waals surface area contributed by atoms with Crippen LogP contribution < -0.4 is 4.73 Å². The Morgan fingerprint density at radius 3 is 2.65 bits per heavy atom. The number of aromatic nitrogens is 1. The molecule has 0 saturated heterocycles. The van der Waals surface area contributed by atoms with Crippen molar-refractivity contribution in [1.29, 1.82) is 5.26 Å². The largest absolute Gasteiger partial charge is 0.616 e. The summed E-state index contributed by atoms with van der Waals surface area (Å²) in [7, 11) is 0. The first-order chi connectivity index (χ1) is 10.8. The van der Waals surface area contributed by atoms with E-state index in [1.807, 2.05) is 0 Å². The molecule has 0 unspecified atom stereocenters. The van der Waals surface area contributed by atoms with Crippen molar-refractivity contribution in [3.05, 3.63) is 56.4 Å². The third kappa shape index (κ3) is 3.06. The molecule has 0 bridgehead atoms. The van der Waals surface area contributed by atoms with Crippen molar-refractivity contribution in [1.82, 2.24) is 0 Å². The number of aromatic hydroxyl groups is 1. The number of hydrogen-bond acceptors (Lipinski definition) is 7. The highest BCUT2D eigenvalue weighted by molar-refractivity contribution is 5.60. The van der Waals surface area contributed by atoms with Crippen molar-refractivity contribution in [3.8, 4) is 11.9 Å². The van der Waals surface area contributed by atoms with Gasteiger partial charge in [-0.2, -0.15) is 5.26 Å². The maximum atomic E-state index is 11.5. The fourth-order valence-corrected chi connectivity index (χ4v) is 1.88. The molecule has 1 aromatic carbocycles. The third-order valence-electron chi connectivity index (χ3n) is 3.13. The van der Waals surface area contributed by atoms with E-state index in [9.17, 15) is 20.4 Å². The smallest absolute Gasteiger partial charge is 0.405 e. The van der Waals surface area contributed by atoms with Crippen molar-refractivity contribution < 1.29 is 14.8 Å². The summed E-state index contributed by atoms with van der Waals surface area (Å²) in [4.78, 5) is 10.4. The predicted molar refractivity (Wildman–Crippen MR) is 78.5 cm³/mol. The van der Waals surface area contributed by atoms with Gasteiger partial charge in [-0.1, -0.05) is 6.07 Å². The van der Waals surface area contributed by atoms with E-state index in [1.165, 1.54) is 19.1 Å². The molecule has 0 amide bonds. The number of hydrogen-bond donors (Lipinski definition) is 1. The van der Waals surface area contributed by atoms with Crippen molar-refractivity contribution >= 4 is 17.1 Å². The van der Waals surface area contributed by atoms with E-state index in [-0.39, 0.29) is 32.9 Å². The Hall–Kier alpha value is -3.54. The summed E-state index contributed by atoms with van der Waals surface area (Å²) in [6.45, 7) is 3.18. The minimum atomic E-state index is -0.736. The van der Waals surface area contributed by atoms with E-state index >= 15 is 0 Å². The molecule has 1 heterocycles. The molecule has 0 saturated carbocycles. The zero-order valence-corrected chi connectivity index (χ0v) is 12.2. The summed E-state index contributed by atoms with van der Waals surface area (Å²) in [5.41, 5.74) is 0.449. The van der Waals surface area contributed by atoms with Gasteiger partial charge >= 0.3 is 5.88 Å². The third-order valence-corrected chi connectivity index (χ3v) is 3.13. The van der Waals surface area contributed by atoms with Crippen LogP contribution in [0.1, 0.15) is 16.7 Å². The maximum absolute atomic E-state index is 11.5. The molecule has 23 heavy (non-hydrogen) atoms. The second-order valence-corrected chi connectivity index (χ2v) is 4.73. The summed E-state index contributed by atoms with van der Waals surface area (Å²) in [6.07, 6.45) is 0.915. The molecule has 9 nitrogen and oxygen atoms in total. The van der Waals surface area contributed by atoms with Crippen LogP contribution in [0, 0.1) is 40.5 Å². The van der Waals surface area contributed by atoms with E-state index in [4.69, 9.17) is 5.26 Å². The predicted octanol–water partition coefficient (Wildman–Crippen LogP) is 2.84. The standard InChI is InChI=1S/C14H11N5O4/c1-8-3-4-11(12(5-8)19(22)23)16-17-13-9(2)10(6-15)7-18(21)14(13)20/h3-5,7,20H,1-2H3. The Morgan fingerprint density at radius 2 is 2.04 bits per heavy atom. The second-order valence-electron chi connectivity index (χ2n) is 4.73. The summed E-state index contributed by atoms with van der Waals surface area (Å²) in [6, 6.07) is 6.16. The molecule has 116 valence electrons. The average Bonchev–Trinajstić information content (AvgIpc) is 2.51. The lowest BCUT2D eigenvalue weighted by molar-refractivity contribution is -0.612. The summed E-state index contributed by atoms with van der Waals surface area (Å²) < 4.78 is 0.0868. The maximum Gasteiger partial charge on any atom is 0.405 e. The van der Waals surface area contributed by atoms with Gasteiger partial charge in [-0.3, -0.25) is 10.1 Å². The minimum absolute atomic E-state index is 0.0187. The van der Waals surface area contributed by atoms with Gasteiger partial charge in [0, 0.05) is 11.6 Å². The van der Waals surface area contributed by atoms with Crippen LogP contribution in [-0.2, 0) is 0 Å². The van der Waals surface area contributed by atoms with Crippen LogP contribution in [0.15, 0.2) is 34.6 Å². The van der Waals surface area contributed by atoms with Crippen LogP contribution >= 0.6 is 0 Å². The molecule has 0 aliphatic heterocycles. The molecular weight excluding hydrogens is 302 g/mol. The van der Waals surface area contributed by atoms with Crippen LogP contribution in [-0.4, -0.2) is 10.0 Å². The van der Waals surface area contributed by atoms with Gasteiger partial charge in [0.25, 0.3) is 5.69 Å². The fraction of sp³-hybridized carbons (Fsp3) is 0.143. The van der Waals surface area contributed by atoms with Gasteiger partial charge in [-0.05, 0) is 25.5 Å². The fourth-order valence-electron chi connectivity index (χ4n) is 1.88. The number of rotatable bonds is 3. The van der Waals surface area contributed by atoms with E-state index in [1.54, 1.807) is 19.1 Å². The number of nitriles is 1. The monoisotopic (exact) mass is 313 g/mol. The number of nitro benzene ring substituents is 1. The van der Waals surface area contributed by atoms with E-state index in [2.05, 4.69) is 10.2 Å². The molecule has 0 aliphatic carbocycles. The summed E-state index contributed by atoms with van der Waals surface area (Å²) in [5.74, 6) is -0.736. The van der Waals surface area contributed by atoms with Gasteiger partial charge in [0.2, 0.25) is 11.9 Å². The van der Waals surface area contributed by atoms with Gasteiger partial charge in [0.05, 0.1) is 4.92 Å². The van der Waals surface area contributed by atoms with E-state index in [0.29, 0.717) is 5.56 Å². The quantitative estimate of drug-likeness (QED) is 0.305. The molecular formula is C14H11N5O4. The topological polar surface area (TPSA) is 139 Å². The van der Waals surface area contributed by atoms with Gasteiger partial charge in [0.15, 0.2) is 5.69 Å². The molecule has 9 heteroatoms. The zero-order chi connectivity index (χ0) is 17.1. The van der Waals surface area contributed by atoms with Crippen molar-refractivity contribution in [2.75, 3.05) is 0 Å². The normalized spacial score (nSPS) is 10.7. The average molecular weight is 313 g/mol. The lowest BCUT2D eigenvalue weighted by Gasteiger charge is -2.05. The molecule has 0 atom stereocenters. The zero-order valence-electron chi connectivity index (χ0n) is 12.2. The van der Waals surface area contributed by atoms with Crippen molar-refractivity contribution in [2.45, 2.75) is 13.8 Å². The number of aryl methyl sites for hydroxylation is 1. The van der Waals surface area contributed by atoms with Crippen LogP contribution in [0.2, 0.25) is 0 Å². The van der Waals surface area contributed by atoms with Crippen LogP contribution in [0.5, 0.6) is 5.88 Å². The summed E-state index contributed by atoms with van der Waals surface area (Å²) >= 11 is 0. The van der Waals surface area contributed by atoms with Crippen molar-refractivity contribution in [2.24, 2.45) is 10.2 Å². The van der Waals surface area contributed by atoms with Crippen LogP contribution in [0.3, 0.4) is 0 Å². The second kappa shape index (κ2) is 6.07.